The van der Waals surface area contributed by atoms with E-state index in [0.717, 1.165) is 38.9 Å². The van der Waals surface area contributed by atoms with Crippen LogP contribution >= 0.6 is 0 Å². The summed E-state index contributed by atoms with van der Waals surface area (Å²) in [6.07, 6.45) is 0. The second-order valence-electron chi connectivity index (χ2n) is 5.45. The highest BCUT2D eigenvalue weighted by molar-refractivity contribution is 6.08. The van der Waals surface area contributed by atoms with Gasteiger partial charge in [-0.2, -0.15) is 0 Å². The van der Waals surface area contributed by atoms with Crippen molar-refractivity contribution in [3.63, 3.8) is 0 Å². The molecule has 0 fully saturated rings. The van der Waals surface area contributed by atoms with Crippen LogP contribution in [0.15, 0.2) is 59.0 Å². The van der Waals surface area contributed by atoms with Crippen molar-refractivity contribution in [3.8, 4) is 11.3 Å². The molecule has 0 amide bonds. The first-order chi connectivity index (χ1) is 10.2. The van der Waals surface area contributed by atoms with E-state index in [0.29, 0.717) is 0 Å². The number of benzene rings is 2. The average molecular weight is 273 g/mol. The van der Waals surface area contributed by atoms with Gasteiger partial charge in [-0.1, -0.05) is 48.0 Å². The lowest BCUT2D eigenvalue weighted by Crippen LogP contribution is -1.88. The summed E-state index contributed by atoms with van der Waals surface area (Å²) in [6, 6.07) is 18.6. The zero-order chi connectivity index (χ0) is 14.4. The number of hydrogen-bond donors (Lipinski definition) is 0. The van der Waals surface area contributed by atoms with Gasteiger partial charge in [0.15, 0.2) is 5.58 Å². The maximum absolute atomic E-state index is 6.06. The Bertz CT molecular complexity index is 949. The van der Waals surface area contributed by atoms with Gasteiger partial charge in [0.2, 0.25) is 0 Å². The molecule has 0 atom stereocenters. The Balaban J connectivity index is 2.10. The summed E-state index contributed by atoms with van der Waals surface area (Å²) in [5.74, 6) is 0. The van der Waals surface area contributed by atoms with Crippen LogP contribution in [0.4, 0.5) is 0 Å². The van der Waals surface area contributed by atoms with Crippen molar-refractivity contribution in [1.29, 1.82) is 0 Å². The number of aryl methyl sites for hydroxylation is 2. The SMILES string of the molecule is Cc1ccc(-c2nc(C)cc3c2oc2ccccc23)cc1. The van der Waals surface area contributed by atoms with Crippen LogP contribution in [0.1, 0.15) is 11.3 Å². The fourth-order valence-electron chi connectivity index (χ4n) is 2.76. The van der Waals surface area contributed by atoms with Crippen LogP contribution in [0.5, 0.6) is 0 Å². The van der Waals surface area contributed by atoms with E-state index < -0.39 is 0 Å². The largest absolute Gasteiger partial charge is 0.454 e. The molecular formula is C19H15NO. The van der Waals surface area contributed by atoms with Gasteiger partial charge < -0.3 is 4.42 Å². The van der Waals surface area contributed by atoms with Crippen molar-refractivity contribution in [2.24, 2.45) is 0 Å². The van der Waals surface area contributed by atoms with Crippen molar-refractivity contribution in [3.05, 3.63) is 65.9 Å². The topological polar surface area (TPSA) is 26.0 Å². The van der Waals surface area contributed by atoms with Crippen molar-refractivity contribution in [2.45, 2.75) is 13.8 Å². The number of aromatic nitrogens is 1. The van der Waals surface area contributed by atoms with Gasteiger partial charge in [0.05, 0.1) is 0 Å². The number of hydrogen-bond acceptors (Lipinski definition) is 2. The van der Waals surface area contributed by atoms with E-state index in [2.05, 4.69) is 43.3 Å². The molecule has 0 saturated heterocycles. The Morgan fingerprint density at radius 1 is 0.857 bits per heavy atom. The van der Waals surface area contributed by atoms with Gasteiger partial charge in [0, 0.05) is 22.0 Å². The van der Waals surface area contributed by atoms with Gasteiger partial charge >= 0.3 is 0 Å². The number of nitrogens with zero attached hydrogens (tertiary/aromatic N) is 1. The molecule has 2 heteroatoms. The van der Waals surface area contributed by atoms with E-state index >= 15 is 0 Å². The molecule has 0 radical (unpaired) electrons. The van der Waals surface area contributed by atoms with Crippen LogP contribution in [0.3, 0.4) is 0 Å². The zero-order valence-electron chi connectivity index (χ0n) is 12.1. The highest BCUT2D eigenvalue weighted by Gasteiger charge is 2.14. The molecule has 2 aromatic heterocycles. The number of para-hydroxylation sites is 1. The van der Waals surface area contributed by atoms with E-state index in [1.54, 1.807) is 0 Å². The van der Waals surface area contributed by atoms with E-state index in [-0.39, 0.29) is 0 Å². The molecule has 0 unspecified atom stereocenters. The number of pyridine rings is 1. The summed E-state index contributed by atoms with van der Waals surface area (Å²) in [4.78, 5) is 4.70. The highest BCUT2D eigenvalue weighted by Crippen LogP contribution is 2.35. The minimum absolute atomic E-state index is 0.866. The lowest BCUT2D eigenvalue weighted by atomic mass is 10.1. The van der Waals surface area contributed by atoms with E-state index in [4.69, 9.17) is 9.40 Å². The molecule has 0 bridgehead atoms. The normalized spacial score (nSPS) is 11.3. The minimum atomic E-state index is 0.866. The first-order valence-corrected chi connectivity index (χ1v) is 7.08. The molecule has 4 rings (SSSR count). The maximum atomic E-state index is 6.06. The molecule has 0 aliphatic rings. The fourth-order valence-corrected chi connectivity index (χ4v) is 2.76. The van der Waals surface area contributed by atoms with E-state index in [1.165, 1.54) is 5.56 Å². The van der Waals surface area contributed by atoms with Gasteiger partial charge in [-0.05, 0) is 26.0 Å². The number of furan rings is 1. The summed E-state index contributed by atoms with van der Waals surface area (Å²) in [5.41, 5.74) is 6.03. The minimum Gasteiger partial charge on any atom is -0.454 e. The standard InChI is InChI=1S/C19H15NO/c1-12-7-9-14(10-8-12)18-19-16(11-13(2)20-18)15-5-3-4-6-17(15)21-19/h3-11H,1-2H3. The van der Waals surface area contributed by atoms with Gasteiger partial charge in [-0.25, -0.2) is 4.98 Å². The van der Waals surface area contributed by atoms with Crippen molar-refractivity contribution in [2.75, 3.05) is 0 Å². The van der Waals surface area contributed by atoms with Crippen molar-refractivity contribution < 1.29 is 4.42 Å². The Kier molecular flexibility index (Phi) is 2.58. The lowest BCUT2D eigenvalue weighted by molar-refractivity contribution is 0.668. The molecule has 2 aromatic carbocycles. The zero-order valence-corrected chi connectivity index (χ0v) is 12.1. The summed E-state index contributed by atoms with van der Waals surface area (Å²) in [6.45, 7) is 4.11. The molecule has 102 valence electrons. The predicted octanol–water partition coefficient (Wildman–Crippen LogP) is 5.26. The Hall–Kier alpha value is -2.61. The summed E-state index contributed by atoms with van der Waals surface area (Å²) >= 11 is 0. The first-order valence-electron chi connectivity index (χ1n) is 7.08. The maximum Gasteiger partial charge on any atom is 0.161 e. The Morgan fingerprint density at radius 2 is 1.62 bits per heavy atom. The van der Waals surface area contributed by atoms with Crippen LogP contribution in [-0.2, 0) is 0 Å². The molecule has 0 aliphatic carbocycles. The van der Waals surface area contributed by atoms with Gasteiger partial charge in [0.1, 0.15) is 11.3 Å². The van der Waals surface area contributed by atoms with Gasteiger partial charge in [-0.3, -0.25) is 0 Å². The van der Waals surface area contributed by atoms with Crippen LogP contribution < -0.4 is 0 Å². The third-order valence-corrected chi connectivity index (χ3v) is 3.82. The van der Waals surface area contributed by atoms with Gasteiger partial charge in [-0.15, -0.1) is 0 Å². The number of rotatable bonds is 1. The molecular weight excluding hydrogens is 258 g/mol. The van der Waals surface area contributed by atoms with Crippen LogP contribution in [0.2, 0.25) is 0 Å². The predicted molar refractivity (Wildman–Crippen MR) is 86.4 cm³/mol. The Labute approximate surface area is 123 Å². The third-order valence-electron chi connectivity index (χ3n) is 3.82. The molecule has 2 heterocycles. The van der Waals surface area contributed by atoms with Crippen molar-refractivity contribution in [1.82, 2.24) is 4.98 Å². The second kappa shape index (κ2) is 4.45. The number of fused-ring (bicyclic) bond motifs is 3. The molecule has 0 saturated carbocycles. The highest BCUT2D eigenvalue weighted by atomic mass is 16.3. The van der Waals surface area contributed by atoms with Crippen LogP contribution in [0, 0.1) is 13.8 Å². The monoisotopic (exact) mass is 273 g/mol. The molecule has 21 heavy (non-hydrogen) atoms. The van der Waals surface area contributed by atoms with Crippen molar-refractivity contribution >= 4 is 21.9 Å². The Morgan fingerprint density at radius 3 is 2.43 bits per heavy atom. The quantitative estimate of drug-likeness (QED) is 0.472. The van der Waals surface area contributed by atoms with E-state index in [1.807, 2.05) is 25.1 Å². The molecule has 0 aliphatic heterocycles. The fraction of sp³-hybridized carbons (Fsp3) is 0.105. The second-order valence-corrected chi connectivity index (χ2v) is 5.45. The molecule has 2 nitrogen and oxygen atoms in total. The summed E-state index contributed by atoms with van der Waals surface area (Å²) in [5, 5.41) is 2.28. The van der Waals surface area contributed by atoms with Crippen LogP contribution in [0.25, 0.3) is 33.2 Å². The van der Waals surface area contributed by atoms with Crippen LogP contribution in [-0.4, -0.2) is 4.98 Å². The average Bonchev–Trinajstić information content (AvgIpc) is 2.86. The molecule has 4 aromatic rings. The molecule has 0 N–H and O–H groups in total. The third kappa shape index (κ3) is 1.91. The first kappa shape index (κ1) is 12.2. The van der Waals surface area contributed by atoms with E-state index in [9.17, 15) is 0 Å². The van der Waals surface area contributed by atoms with Gasteiger partial charge in [0.25, 0.3) is 0 Å². The summed E-state index contributed by atoms with van der Waals surface area (Å²) in [7, 11) is 0. The molecule has 0 spiro atoms. The smallest absolute Gasteiger partial charge is 0.161 e. The lowest BCUT2D eigenvalue weighted by Gasteiger charge is -2.04. The summed E-state index contributed by atoms with van der Waals surface area (Å²) < 4.78 is 6.06.